The highest BCUT2D eigenvalue weighted by Gasteiger charge is 2.53. The minimum atomic E-state index is -0.129. The molecule has 6 rings (SSSR count). The van der Waals surface area contributed by atoms with Gasteiger partial charge in [0.05, 0.1) is 13.2 Å². The molecule has 0 spiro atoms. The topological polar surface area (TPSA) is 87.3 Å². The fourth-order valence-corrected chi connectivity index (χ4v) is 7.23. The van der Waals surface area contributed by atoms with E-state index in [9.17, 15) is 9.59 Å². The van der Waals surface area contributed by atoms with Crippen LogP contribution in [0, 0.1) is 30.1 Å². The smallest absolute Gasteiger partial charge is 0.255 e. The molecule has 4 bridgehead atoms. The van der Waals surface area contributed by atoms with Gasteiger partial charge in [0, 0.05) is 36.8 Å². The lowest BCUT2D eigenvalue weighted by Crippen LogP contribution is -2.55. The lowest BCUT2D eigenvalue weighted by Gasteiger charge is -2.59. The number of hydrogen-bond donors (Lipinski definition) is 2. The Kier molecular flexibility index (Phi) is 5.57. The number of aryl methyl sites for hydroxylation is 1. The van der Waals surface area contributed by atoms with Crippen LogP contribution in [-0.2, 0) is 16.0 Å². The molecule has 170 valence electrons. The minimum absolute atomic E-state index is 0.0549. The summed E-state index contributed by atoms with van der Waals surface area (Å²) in [7, 11) is 0. The maximum absolute atomic E-state index is 12.8. The molecule has 1 unspecified atom stereocenters. The number of aromatic amines is 1. The molecule has 1 aliphatic heterocycles. The summed E-state index contributed by atoms with van der Waals surface area (Å²) in [5.41, 5.74) is 1.51. The van der Waals surface area contributed by atoms with E-state index in [1.54, 1.807) is 0 Å². The Hall–Kier alpha value is -1.89. The molecule has 7 heteroatoms. The number of ether oxygens (including phenoxy) is 1. The van der Waals surface area contributed by atoms with E-state index in [2.05, 4.69) is 22.2 Å². The average molecular weight is 429 g/mol. The number of nitrogens with zero attached hydrogens (tertiary/aromatic N) is 2. The van der Waals surface area contributed by atoms with Crippen LogP contribution in [-0.4, -0.2) is 48.2 Å². The number of carbonyl (C=O) groups excluding carboxylic acids is 1. The van der Waals surface area contributed by atoms with Crippen LogP contribution in [0.1, 0.15) is 63.1 Å². The maximum atomic E-state index is 12.8. The van der Waals surface area contributed by atoms with Gasteiger partial charge in [-0.25, -0.2) is 4.98 Å². The maximum Gasteiger partial charge on any atom is 0.255 e. The van der Waals surface area contributed by atoms with Crippen LogP contribution in [0.5, 0.6) is 0 Å². The second kappa shape index (κ2) is 8.23. The number of morpholine rings is 1. The molecule has 1 aromatic heterocycles. The molecule has 5 fully saturated rings. The fourth-order valence-electron chi connectivity index (χ4n) is 7.23. The Labute approximate surface area is 184 Å². The van der Waals surface area contributed by atoms with Crippen molar-refractivity contribution in [2.75, 3.05) is 31.2 Å². The van der Waals surface area contributed by atoms with Gasteiger partial charge in [-0.1, -0.05) is 0 Å². The van der Waals surface area contributed by atoms with Gasteiger partial charge in [-0.2, -0.15) is 0 Å². The molecular weight excluding hydrogens is 392 g/mol. The molecule has 7 nitrogen and oxygen atoms in total. The zero-order valence-corrected chi connectivity index (χ0v) is 18.9. The lowest BCUT2D eigenvalue weighted by molar-refractivity contribution is -0.125. The van der Waals surface area contributed by atoms with Gasteiger partial charge in [-0.15, -0.1) is 0 Å². The van der Waals surface area contributed by atoms with Gasteiger partial charge in [0.2, 0.25) is 11.9 Å². The number of carbonyl (C=O) groups is 1. The van der Waals surface area contributed by atoms with Crippen LogP contribution in [0.15, 0.2) is 4.79 Å². The molecule has 4 aliphatic carbocycles. The van der Waals surface area contributed by atoms with Crippen molar-refractivity contribution in [2.24, 2.45) is 23.2 Å². The summed E-state index contributed by atoms with van der Waals surface area (Å²) >= 11 is 0. The molecular formula is C24H36N4O3. The van der Waals surface area contributed by atoms with Crippen molar-refractivity contribution in [3.05, 3.63) is 21.6 Å². The first-order valence-corrected chi connectivity index (χ1v) is 12.1. The summed E-state index contributed by atoms with van der Waals surface area (Å²) < 4.78 is 5.37. The van der Waals surface area contributed by atoms with Crippen LogP contribution in [0.2, 0.25) is 0 Å². The summed E-state index contributed by atoms with van der Waals surface area (Å²) in [5, 5.41) is 3.32. The second-order valence-corrected chi connectivity index (χ2v) is 10.6. The van der Waals surface area contributed by atoms with E-state index >= 15 is 0 Å². The first-order chi connectivity index (χ1) is 14.9. The van der Waals surface area contributed by atoms with Crippen LogP contribution in [0.3, 0.4) is 0 Å². The Morgan fingerprint density at radius 3 is 2.39 bits per heavy atom. The van der Waals surface area contributed by atoms with E-state index in [1.165, 1.54) is 38.5 Å². The van der Waals surface area contributed by atoms with Crippen molar-refractivity contribution in [2.45, 2.75) is 71.3 Å². The Balaban J connectivity index is 1.19. The van der Waals surface area contributed by atoms with E-state index in [-0.39, 0.29) is 17.5 Å². The Morgan fingerprint density at radius 1 is 1.19 bits per heavy atom. The molecule has 5 aliphatic rings. The molecule has 4 saturated carbocycles. The summed E-state index contributed by atoms with van der Waals surface area (Å²) in [5.74, 6) is 3.29. The van der Waals surface area contributed by atoms with Crippen molar-refractivity contribution in [3.8, 4) is 0 Å². The van der Waals surface area contributed by atoms with E-state index in [0.29, 0.717) is 48.7 Å². The summed E-state index contributed by atoms with van der Waals surface area (Å²) in [6.07, 6.45) is 8.85. The highest BCUT2D eigenvalue weighted by molar-refractivity contribution is 5.76. The highest BCUT2D eigenvalue weighted by atomic mass is 16.5. The first kappa shape index (κ1) is 21.0. The number of nitrogens with one attached hydrogen (secondary N) is 2. The Morgan fingerprint density at radius 2 is 1.81 bits per heavy atom. The van der Waals surface area contributed by atoms with Crippen LogP contribution >= 0.6 is 0 Å². The van der Waals surface area contributed by atoms with E-state index in [1.807, 2.05) is 11.8 Å². The standard InChI is InChI=1S/C24H36N4O3/c1-15-20(22(30)27-23(25-15)28-5-7-31-8-6-28)3-4-21(29)26-16(2)24-12-17-9-18(13-24)11-19(10-17)14-24/h16-19H,3-14H2,1-2H3,(H,26,29)(H,25,27,30). The third-order valence-electron chi connectivity index (χ3n) is 8.50. The van der Waals surface area contributed by atoms with Crippen molar-refractivity contribution in [1.29, 1.82) is 0 Å². The molecule has 1 saturated heterocycles. The van der Waals surface area contributed by atoms with Crippen molar-refractivity contribution in [3.63, 3.8) is 0 Å². The second-order valence-electron chi connectivity index (χ2n) is 10.6. The Bertz CT molecular complexity index is 854. The molecule has 2 N–H and O–H groups in total. The largest absolute Gasteiger partial charge is 0.378 e. The predicted octanol–water partition coefficient (Wildman–Crippen LogP) is 2.57. The summed E-state index contributed by atoms with van der Waals surface area (Å²) in [4.78, 5) is 35.0. The molecule has 2 heterocycles. The van der Waals surface area contributed by atoms with Crippen LogP contribution in [0.4, 0.5) is 5.95 Å². The number of H-pyrrole nitrogens is 1. The number of rotatable bonds is 6. The first-order valence-electron chi connectivity index (χ1n) is 12.1. The summed E-state index contributed by atoms with van der Waals surface area (Å²) in [6, 6.07) is 0.217. The fraction of sp³-hybridized carbons (Fsp3) is 0.792. The normalized spacial score (nSPS) is 32.8. The third-order valence-corrected chi connectivity index (χ3v) is 8.50. The molecule has 1 amide bonds. The molecule has 1 atom stereocenters. The molecule has 0 radical (unpaired) electrons. The lowest BCUT2D eigenvalue weighted by atomic mass is 9.48. The van der Waals surface area contributed by atoms with Gasteiger partial charge in [0.15, 0.2) is 0 Å². The minimum Gasteiger partial charge on any atom is -0.378 e. The van der Waals surface area contributed by atoms with Crippen molar-refractivity contribution < 1.29 is 9.53 Å². The van der Waals surface area contributed by atoms with E-state index in [0.717, 1.165) is 30.8 Å². The number of hydrogen-bond acceptors (Lipinski definition) is 5. The number of anilines is 1. The van der Waals surface area contributed by atoms with Gasteiger partial charge < -0.3 is 15.0 Å². The van der Waals surface area contributed by atoms with Crippen LogP contribution in [0.25, 0.3) is 0 Å². The van der Waals surface area contributed by atoms with Gasteiger partial charge in [-0.05, 0) is 82.0 Å². The van der Waals surface area contributed by atoms with Gasteiger partial charge >= 0.3 is 0 Å². The molecule has 31 heavy (non-hydrogen) atoms. The monoisotopic (exact) mass is 428 g/mol. The zero-order valence-electron chi connectivity index (χ0n) is 18.9. The predicted molar refractivity (Wildman–Crippen MR) is 119 cm³/mol. The molecule has 1 aromatic rings. The number of aromatic nitrogens is 2. The van der Waals surface area contributed by atoms with Gasteiger partial charge in [0.25, 0.3) is 5.56 Å². The third kappa shape index (κ3) is 4.13. The highest BCUT2D eigenvalue weighted by Crippen LogP contribution is 2.61. The van der Waals surface area contributed by atoms with Crippen molar-refractivity contribution in [1.82, 2.24) is 15.3 Å². The van der Waals surface area contributed by atoms with Crippen LogP contribution < -0.4 is 15.8 Å². The van der Waals surface area contributed by atoms with Crippen molar-refractivity contribution >= 4 is 11.9 Å². The van der Waals surface area contributed by atoms with Gasteiger partial charge in [-0.3, -0.25) is 14.6 Å². The van der Waals surface area contributed by atoms with E-state index in [4.69, 9.17) is 4.74 Å². The van der Waals surface area contributed by atoms with E-state index < -0.39 is 0 Å². The molecule has 0 aromatic carbocycles. The number of amides is 1. The quantitative estimate of drug-likeness (QED) is 0.727. The average Bonchev–Trinajstić information content (AvgIpc) is 2.72. The SMILES string of the molecule is Cc1nc(N2CCOCC2)[nH]c(=O)c1CCC(=O)NC(C)C12CC3CC(CC(C3)C1)C2. The van der Waals surface area contributed by atoms with Gasteiger partial charge in [0.1, 0.15) is 0 Å². The summed E-state index contributed by atoms with van der Waals surface area (Å²) in [6.45, 7) is 6.82. The zero-order chi connectivity index (χ0) is 21.6.